The molecule has 5 heteroatoms. The molecule has 1 atom stereocenters. The summed E-state index contributed by atoms with van der Waals surface area (Å²) in [7, 11) is 0. The zero-order valence-corrected chi connectivity index (χ0v) is 10.8. The Morgan fingerprint density at radius 1 is 1.11 bits per heavy atom. The van der Waals surface area contributed by atoms with Gasteiger partial charge >= 0.3 is 0 Å². The lowest BCUT2D eigenvalue weighted by atomic mass is 9.84. The lowest BCUT2D eigenvalue weighted by Crippen LogP contribution is -2.48. The van der Waals surface area contributed by atoms with E-state index in [9.17, 15) is 0 Å². The summed E-state index contributed by atoms with van der Waals surface area (Å²) < 4.78 is 2.08. The van der Waals surface area contributed by atoms with Crippen molar-refractivity contribution in [2.45, 2.75) is 18.9 Å². The fraction of sp³-hybridized carbons (Fsp3) is 0.500. The third kappa shape index (κ3) is 1.94. The number of aromatic nitrogens is 4. The van der Waals surface area contributed by atoms with Crippen LogP contribution < -0.4 is 0 Å². The van der Waals surface area contributed by atoms with E-state index in [1.807, 2.05) is 12.1 Å². The Morgan fingerprint density at radius 2 is 1.89 bits per heavy atom. The molecule has 0 amide bonds. The number of rotatable bonds is 2. The molecule has 98 valence electrons. The van der Waals surface area contributed by atoms with E-state index in [4.69, 9.17) is 0 Å². The first-order chi connectivity index (χ1) is 9.40. The molecule has 0 radical (unpaired) electrons. The highest BCUT2D eigenvalue weighted by Crippen LogP contribution is 2.35. The van der Waals surface area contributed by atoms with Gasteiger partial charge in [0.1, 0.15) is 5.69 Å². The number of nitrogens with zero attached hydrogens (tertiary/aromatic N) is 5. The van der Waals surface area contributed by atoms with Crippen LogP contribution in [0.25, 0.3) is 11.3 Å². The van der Waals surface area contributed by atoms with Gasteiger partial charge in [0.2, 0.25) is 0 Å². The molecular formula is C14H17N5. The highest BCUT2D eigenvalue weighted by molar-refractivity contribution is 5.56. The highest BCUT2D eigenvalue weighted by Gasteiger charge is 2.35. The minimum Gasteiger partial charge on any atom is -0.301 e. The van der Waals surface area contributed by atoms with E-state index in [0.717, 1.165) is 23.7 Å². The Labute approximate surface area is 112 Å². The lowest BCUT2D eigenvalue weighted by Gasteiger charge is -2.44. The Bertz CT molecular complexity index is 556. The SMILES string of the molecule is c1cc(-c2cn(C3CN4CCC3CC4)nn2)ccn1. The van der Waals surface area contributed by atoms with Gasteiger partial charge in [0, 0.05) is 24.5 Å². The first kappa shape index (κ1) is 11.1. The maximum absolute atomic E-state index is 4.35. The summed E-state index contributed by atoms with van der Waals surface area (Å²) in [5.41, 5.74) is 2.03. The minimum absolute atomic E-state index is 0.505. The van der Waals surface area contributed by atoms with Crippen LogP contribution in [0, 0.1) is 5.92 Å². The summed E-state index contributed by atoms with van der Waals surface area (Å²) in [5, 5.41) is 8.67. The zero-order chi connectivity index (χ0) is 12.7. The van der Waals surface area contributed by atoms with Crippen molar-refractivity contribution in [3.63, 3.8) is 0 Å². The van der Waals surface area contributed by atoms with Crippen molar-refractivity contribution in [1.82, 2.24) is 24.9 Å². The number of pyridine rings is 1. The third-order valence-corrected chi connectivity index (χ3v) is 4.45. The molecule has 2 aromatic rings. The first-order valence-electron chi connectivity index (χ1n) is 6.95. The quantitative estimate of drug-likeness (QED) is 0.818. The molecule has 5 heterocycles. The van der Waals surface area contributed by atoms with Gasteiger partial charge in [0.05, 0.1) is 12.2 Å². The molecule has 2 aromatic heterocycles. The minimum atomic E-state index is 0.505. The van der Waals surface area contributed by atoms with E-state index in [0.29, 0.717) is 6.04 Å². The van der Waals surface area contributed by atoms with E-state index in [-0.39, 0.29) is 0 Å². The largest absolute Gasteiger partial charge is 0.301 e. The Kier molecular flexibility index (Phi) is 2.58. The standard InChI is InChI=1S/C14H17N5/c1-5-15-6-2-11(1)13-9-19(17-16-13)14-10-18-7-3-12(14)4-8-18/h1-2,5-6,9,12,14H,3-4,7-8,10H2. The van der Waals surface area contributed by atoms with Crippen molar-refractivity contribution < 1.29 is 0 Å². The van der Waals surface area contributed by atoms with E-state index >= 15 is 0 Å². The molecule has 0 aromatic carbocycles. The van der Waals surface area contributed by atoms with Gasteiger partial charge in [-0.2, -0.15) is 0 Å². The van der Waals surface area contributed by atoms with Crippen LogP contribution >= 0.6 is 0 Å². The molecule has 1 unspecified atom stereocenters. The van der Waals surface area contributed by atoms with Crippen LogP contribution in [0.1, 0.15) is 18.9 Å². The summed E-state index contributed by atoms with van der Waals surface area (Å²) in [6.07, 6.45) is 8.28. The molecule has 3 aliphatic rings. The van der Waals surface area contributed by atoms with Gasteiger partial charge in [0.15, 0.2) is 0 Å². The predicted octanol–water partition coefficient (Wildman–Crippen LogP) is 1.61. The molecule has 3 aliphatic heterocycles. The van der Waals surface area contributed by atoms with Gasteiger partial charge < -0.3 is 4.90 Å². The van der Waals surface area contributed by atoms with E-state index in [2.05, 4.69) is 31.1 Å². The number of piperidine rings is 3. The van der Waals surface area contributed by atoms with Gasteiger partial charge in [0.25, 0.3) is 0 Å². The maximum Gasteiger partial charge on any atom is 0.113 e. The van der Waals surface area contributed by atoms with Crippen LogP contribution in [-0.2, 0) is 0 Å². The van der Waals surface area contributed by atoms with Crippen molar-refractivity contribution >= 4 is 0 Å². The van der Waals surface area contributed by atoms with Gasteiger partial charge in [-0.3, -0.25) is 4.98 Å². The molecule has 0 N–H and O–H groups in total. The van der Waals surface area contributed by atoms with Gasteiger partial charge in [-0.25, -0.2) is 4.68 Å². The summed E-state index contributed by atoms with van der Waals surface area (Å²) >= 11 is 0. The second-order valence-electron chi connectivity index (χ2n) is 5.53. The van der Waals surface area contributed by atoms with Gasteiger partial charge in [-0.1, -0.05) is 5.21 Å². The number of hydrogen-bond donors (Lipinski definition) is 0. The van der Waals surface area contributed by atoms with Crippen molar-refractivity contribution in [2.75, 3.05) is 19.6 Å². The third-order valence-electron chi connectivity index (χ3n) is 4.45. The average molecular weight is 255 g/mol. The zero-order valence-electron chi connectivity index (χ0n) is 10.8. The van der Waals surface area contributed by atoms with Gasteiger partial charge in [-0.05, 0) is 44.0 Å². The summed E-state index contributed by atoms with van der Waals surface area (Å²) in [5.74, 6) is 0.775. The first-order valence-corrected chi connectivity index (χ1v) is 6.95. The molecule has 5 rings (SSSR count). The van der Waals surface area contributed by atoms with Crippen molar-refractivity contribution in [3.8, 4) is 11.3 Å². The topological polar surface area (TPSA) is 46.8 Å². The Hall–Kier alpha value is -1.75. The fourth-order valence-electron chi connectivity index (χ4n) is 3.33. The molecule has 3 saturated heterocycles. The smallest absolute Gasteiger partial charge is 0.113 e. The van der Waals surface area contributed by atoms with E-state index in [1.54, 1.807) is 12.4 Å². The average Bonchev–Trinajstić information content (AvgIpc) is 2.99. The summed E-state index contributed by atoms with van der Waals surface area (Å²) in [4.78, 5) is 6.58. The van der Waals surface area contributed by atoms with Crippen LogP contribution in [-0.4, -0.2) is 44.5 Å². The molecule has 3 fully saturated rings. The van der Waals surface area contributed by atoms with Crippen molar-refractivity contribution in [2.24, 2.45) is 5.92 Å². The molecule has 2 bridgehead atoms. The monoisotopic (exact) mass is 255 g/mol. The van der Waals surface area contributed by atoms with E-state index < -0.39 is 0 Å². The highest BCUT2D eigenvalue weighted by atomic mass is 15.4. The van der Waals surface area contributed by atoms with Crippen LogP contribution in [0.2, 0.25) is 0 Å². The van der Waals surface area contributed by atoms with Crippen LogP contribution in [0.3, 0.4) is 0 Å². The molecule has 5 nitrogen and oxygen atoms in total. The number of fused-ring (bicyclic) bond motifs is 3. The van der Waals surface area contributed by atoms with E-state index in [1.165, 1.54) is 25.9 Å². The molecule has 0 spiro atoms. The Morgan fingerprint density at radius 3 is 2.58 bits per heavy atom. The van der Waals surface area contributed by atoms with Gasteiger partial charge in [-0.15, -0.1) is 5.10 Å². The fourth-order valence-corrected chi connectivity index (χ4v) is 3.33. The molecule has 19 heavy (non-hydrogen) atoms. The Balaban J connectivity index is 1.62. The maximum atomic E-state index is 4.35. The second kappa shape index (κ2) is 4.42. The van der Waals surface area contributed by atoms with Crippen molar-refractivity contribution in [3.05, 3.63) is 30.7 Å². The van der Waals surface area contributed by atoms with Crippen LogP contribution in [0.15, 0.2) is 30.7 Å². The van der Waals surface area contributed by atoms with Crippen molar-refractivity contribution in [1.29, 1.82) is 0 Å². The predicted molar refractivity (Wildman–Crippen MR) is 71.5 cm³/mol. The number of hydrogen-bond acceptors (Lipinski definition) is 4. The molecule has 0 aliphatic carbocycles. The summed E-state index contributed by atoms with van der Waals surface area (Å²) in [6, 6.07) is 4.46. The molecule has 0 saturated carbocycles. The lowest BCUT2D eigenvalue weighted by molar-refractivity contribution is 0.0504. The molecular weight excluding hydrogens is 238 g/mol. The van der Waals surface area contributed by atoms with Crippen LogP contribution in [0.4, 0.5) is 0 Å². The summed E-state index contributed by atoms with van der Waals surface area (Å²) in [6.45, 7) is 3.64. The normalized spacial score (nSPS) is 29.6. The van der Waals surface area contributed by atoms with Crippen LogP contribution in [0.5, 0.6) is 0 Å². The second-order valence-corrected chi connectivity index (χ2v) is 5.53.